The molecule has 1 saturated carbocycles. The van der Waals surface area contributed by atoms with Crippen LogP contribution in [0.1, 0.15) is 53.4 Å². The van der Waals surface area contributed by atoms with Gasteiger partial charge in [0.25, 0.3) is 0 Å². The summed E-state index contributed by atoms with van der Waals surface area (Å²) in [7, 11) is 0. The SMILES string of the molecule is C[C@H](CSC(C)(C)C)N[C@@H]1CCCC[C@@H]1O. The summed E-state index contributed by atoms with van der Waals surface area (Å²) in [5, 5.41) is 13.4. The van der Waals surface area contributed by atoms with Crippen LogP contribution in [0.3, 0.4) is 0 Å². The summed E-state index contributed by atoms with van der Waals surface area (Å²) in [5.74, 6) is 1.12. The number of rotatable bonds is 4. The highest BCUT2D eigenvalue weighted by Crippen LogP contribution is 2.24. The minimum Gasteiger partial charge on any atom is -0.392 e. The molecule has 3 heteroatoms. The van der Waals surface area contributed by atoms with E-state index in [1.165, 1.54) is 12.8 Å². The zero-order chi connectivity index (χ0) is 12.2. The van der Waals surface area contributed by atoms with Gasteiger partial charge in [0.1, 0.15) is 0 Å². The Kier molecular flexibility index (Phi) is 5.62. The Labute approximate surface area is 105 Å². The van der Waals surface area contributed by atoms with Gasteiger partial charge in [-0.25, -0.2) is 0 Å². The quantitative estimate of drug-likeness (QED) is 0.799. The minimum absolute atomic E-state index is 0.129. The van der Waals surface area contributed by atoms with E-state index in [0.717, 1.165) is 18.6 Å². The number of aliphatic hydroxyl groups is 1. The van der Waals surface area contributed by atoms with Crippen LogP contribution in [0.15, 0.2) is 0 Å². The largest absolute Gasteiger partial charge is 0.392 e. The van der Waals surface area contributed by atoms with Crippen LogP contribution >= 0.6 is 11.8 Å². The van der Waals surface area contributed by atoms with Crippen molar-refractivity contribution < 1.29 is 5.11 Å². The maximum atomic E-state index is 9.88. The third kappa shape index (κ3) is 5.55. The smallest absolute Gasteiger partial charge is 0.0693 e. The van der Waals surface area contributed by atoms with Crippen molar-refractivity contribution in [3.63, 3.8) is 0 Å². The Balaban J connectivity index is 2.24. The second-order valence-corrected chi connectivity index (χ2v) is 7.80. The molecule has 3 atom stereocenters. The van der Waals surface area contributed by atoms with Gasteiger partial charge in [0.2, 0.25) is 0 Å². The molecule has 0 aliphatic heterocycles. The fourth-order valence-electron chi connectivity index (χ4n) is 2.09. The van der Waals surface area contributed by atoms with Crippen molar-refractivity contribution >= 4 is 11.8 Å². The first-order chi connectivity index (χ1) is 7.38. The molecule has 96 valence electrons. The lowest BCUT2D eigenvalue weighted by atomic mass is 9.92. The third-order valence-corrected chi connectivity index (χ3v) is 4.53. The molecule has 0 aromatic heterocycles. The average Bonchev–Trinajstić information content (AvgIpc) is 2.18. The normalized spacial score (nSPS) is 29.1. The molecule has 0 amide bonds. The lowest BCUT2D eigenvalue weighted by Crippen LogP contribution is -2.47. The molecule has 16 heavy (non-hydrogen) atoms. The van der Waals surface area contributed by atoms with Crippen molar-refractivity contribution in [2.45, 2.75) is 76.3 Å². The maximum absolute atomic E-state index is 9.88. The Morgan fingerprint density at radius 1 is 1.31 bits per heavy atom. The van der Waals surface area contributed by atoms with E-state index < -0.39 is 0 Å². The number of hydrogen-bond acceptors (Lipinski definition) is 3. The van der Waals surface area contributed by atoms with E-state index in [-0.39, 0.29) is 6.10 Å². The van der Waals surface area contributed by atoms with Gasteiger partial charge in [0, 0.05) is 22.6 Å². The number of thioether (sulfide) groups is 1. The summed E-state index contributed by atoms with van der Waals surface area (Å²) in [5.41, 5.74) is 0. The average molecular weight is 245 g/mol. The summed E-state index contributed by atoms with van der Waals surface area (Å²) in [6, 6.07) is 0.811. The fourth-order valence-corrected chi connectivity index (χ4v) is 2.94. The molecule has 0 aromatic rings. The highest BCUT2D eigenvalue weighted by atomic mass is 32.2. The van der Waals surface area contributed by atoms with Crippen LogP contribution in [0.2, 0.25) is 0 Å². The van der Waals surface area contributed by atoms with Crippen LogP contribution in [0.25, 0.3) is 0 Å². The minimum atomic E-state index is -0.129. The molecule has 0 aromatic carbocycles. The molecule has 1 rings (SSSR count). The maximum Gasteiger partial charge on any atom is 0.0693 e. The van der Waals surface area contributed by atoms with Crippen LogP contribution in [-0.2, 0) is 0 Å². The Morgan fingerprint density at radius 3 is 2.50 bits per heavy atom. The molecule has 0 radical (unpaired) electrons. The van der Waals surface area contributed by atoms with Crippen LogP contribution in [-0.4, -0.2) is 33.8 Å². The van der Waals surface area contributed by atoms with E-state index in [2.05, 4.69) is 33.0 Å². The molecule has 1 aliphatic rings. The van der Waals surface area contributed by atoms with Gasteiger partial charge >= 0.3 is 0 Å². The lowest BCUT2D eigenvalue weighted by molar-refractivity contribution is 0.0873. The van der Waals surface area contributed by atoms with Crippen molar-refractivity contribution in [2.75, 3.05) is 5.75 Å². The summed E-state index contributed by atoms with van der Waals surface area (Å²) < 4.78 is 0.334. The van der Waals surface area contributed by atoms with Gasteiger partial charge in [-0.05, 0) is 19.8 Å². The first kappa shape index (κ1) is 14.3. The summed E-state index contributed by atoms with van der Waals surface area (Å²) in [4.78, 5) is 0. The van der Waals surface area contributed by atoms with Crippen LogP contribution < -0.4 is 5.32 Å². The first-order valence-electron chi connectivity index (χ1n) is 6.46. The summed E-state index contributed by atoms with van der Waals surface area (Å²) in [6.45, 7) is 8.97. The van der Waals surface area contributed by atoms with Gasteiger partial charge in [0.05, 0.1) is 6.10 Å². The van der Waals surface area contributed by atoms with E-state index in [4.69, 9.17) is 0 Å². The number of hydrogen-bond donors (Lipinski definition) is 2. The highest BCUT2D eigenvalue weighted by molar-refractivity contribution is 8.00. The molecule has 0 spiro atoms. The van der Waals surface area contributed by atoms with Crippen molar-refractivity contribution in [2.24, 2.45) is 0 Å². The molecule has 0 bridgehead atoms. The van der Waals surface area contributed by atoms with E-state index in [9.17, 15) is 5.11 Å². The second-order valence-electron chi connectivity index (χ2n) is 5.95. The predicted octanol–water partition coefficient (Wildman–Crippen LogP) is 2.80. The molecule has 0 saturated heterocycles. The van der Waals surface area contributed by atoms with Gasteiger partial charge in [-0.15, -0.1) is 0 Å². The third-order valence-electron chi connectivity index (χ3n) is 2.99. The molecule has 2 N–H and O–H groups in total. The van der Waals surface area contributed by atoms with Gasteiger partial charge in [0.15, 0.2) is 0 Å². The van der Waals surface area contributed by atoms with Crippen molar-refractivity contribution in [3.05, 3.63) is 0 Å². The van der Waals surface area contributed by atoms with E-state index in [1.807, 2.05) is 11.8 Å². The monoisotopic (exact) mass is 245 g/mol. The summed E-state index contributed by atoms with van der Waals surface area (Å²) in [6.07, 6.45) is 4.41. The van der Waals surface area contributed by atoms with Crippen molar-refractivity contribution in [1.29, 1.82) is 0 Å². The number of aliphatic hydroxyl groups excluding tert-OH is 1. The number of nitrogens with one attached hydrogen (secondary N) is 1. The van der Waals surface area contributed by atoms with Gasteiger partial charge < -0.3 is 10.4 Å². The van der Waals surface area contributed by atoms with Crippen molar-refractivity contribution in [3.8, 4) is 0 Å². The molecule has 1 fully saturated rings. The zero-order valence-electron chi connectivity index (χ0n) is 11.1. The Hall–Kier alpha value is 0.270. The van der Waals surface area contributed by atoms with Crippen LogP contribution in [0.4, 0.5) is 0 Å². The lowest BCUT2D eigenvalue weighted by Gasteiger charge is -2.32. The Morgan fingerprint density at radius 2 is 1.94 bits per heavy atom. The standard InChI is InChI=1S/C13H27NOS/c1-10(9-16-13(2,3)4)14-11-7-5-6-8-12(11)15/h10-12,14-15H,5-9H2,1-4H3/t10-,11-,12+/m1/s1. The van der Waals surface area contributed by atoms with Gasteiger partial charge in [-0.3, -0.25) is 0 Å². The fraction of sp³-hybridized carbons (Fsp3) is 1.00. The molecule has 2 nitrogen and oxygen atoms in total. The molecular formula is C13H27NOS. The van der Waals surface area contributed by atoms with Gasteiger partial charge in [-0.2, -0.15) is 11.8 Å². The molecular weight excluding hydrogens is 218 g/mol. The van der Waals surface area contributed by atoms with E-state index >= 15 is 0 Å². The highest BCUT2D eigenvalue weighted by Gasteiger charge is 2.24. The van der Waals surface area contributed by atoms with Crippen LogP contribution in [0.5, 0.6) is 0 Å². The summed E-state index contributed by atoms with van der Waals surface area (Å²) >= 11 is 1.99. The zero-order valence-corrected chi connectivity index (χ0v) is 11.9. The second kappa shape index (κ2) is 6.27. The van der Waals surface area contributed by atoms with Crippen molar-refractivity contribution in [1.82, 2.24) is 5.32 Å². The first-order valence-corrected chi connectivity index (χ1v) is 7.45. The molecule has 0 heterocycles. The van der Waals surface area contributed by atoms with E-state index in [1.54, 1.807) is 0 Å². The molecule has 1 aliphatic carbocycles. The Bertz CT molecular complexity index is 203. The van der Waals surface area contributed by atoms with Gasteiger partial charge in [-0.1, -0.05) is 33.6 Å². The predicted molar refractivity (Wildman–Crippen MR) is 73.1 cm³/mol. The van der Waals surface area contributed by atoms with E-state index in [0.29, 0.717) is 16.8 Å². The molecule has 0 unspecified atom stereocenters. The topological polar surface area (TPSA) is 32.3 Å². The van der Waals surface area contributed by atoms with Crippen LogP contribution in [0, 0.1) is 0 Å².